The molecule has 1 aliphatic heterocycles. The first-order chi connectivity index (χ1) is 10.1. The van der Waals surface area contributed by atoms with Crippen LogP contribution < -0.4 is 4.90 Å². The molecule has 21 heavy (non-hydrogen) atoms. The number of hydrogen-bond donors (Lipinski definition) is 1. The van der Waals surface area contributed by atoms with E-state index in [-0.39, 0.29) is 6.61 Å². The van der Waals surface area contributed by atoms with Gasteiger partial charge < -0.3 is 10.0 Å². The lowest BCUT2D eigenvalue weighted by Crippen LogP contribution is -2.34. The Bertz CT molecular complexity index is 705. The Morgan fingerprint density at radius 2 is 2.14 bits per heavy atom. The van der Waals surface area contributed by atoms with Crippen molar-refractivity contribution >= 4 is 5.82 Å². The minimum Gasteiger partial charge on any atom is -0.390 e. The highest BCUT2D eigenvalue weighted by atomic mass is 16.3. The number of aromatic nitrogens is 3. The third-order valence-corrected chi connectivity index (χ3v) is 3.83. The largest absolute Gasteiger partial charge is 0.390 e. The number of nitriles is 1. The molecule has 3 rings (SSSR count). The highest BCUT2D eigenvalue weighted by Gasteiger charge is 2.20. The number of anilines is 1. The van der Waals surface area contributed by atoms with Gasteiger partial charge in [-0.1, -0.05) is 0 Å². The van der Waals surface area contributed by atoms with Crippen LogP contribution in [0.4, 0.5) is 5.82 Å². The minimum atomic E-state index is -0.0344. The molecule has 108 valence electrons. The van der Waals surface area contributed by atoms with Crippen molar-refractivity contribution in [2.24, 2.45) is 0 Å². The van der Waals surface area contributed by atoms with E-state index in [0.29, 0.717) is 17.8 Å². The van der Waals surface area contributed by atoms with Crippen LogP contribution in [0.1, 0.15) is 28.2 Å². The molecule has 0 amide bonds. The fraction of sp³-hybridized carbons (Fsp3) is 0.400. The van der Waals surface area contributed by atoms with Crippen molar-refractivity contribution in [1.29, 1.82) is 5.26 Å². The molecule has 0 atom stereocenters. The number of hydrogen-bond acceptors (Lipinski definition) is 5. The van der Waals surface area contributed by atoms with Gasteiger partial charge in [0, 0.05) is 6.54 Å². The van der Waals surface area contributed by atoms with Crippen LogP contribution in [-0.4, -0.2) is 26.4 Å². The van der Waals surface area contributed by atoms with Crippen LogP contribution in [0, 0.1) is 25.2 Å². The molecule has 0 saturated carbocycles. The molecule has 0 saturated heterocycles. The molecular weight excluding hydrogens is 266 g/mol. The molecule has 3 heterocycles. The van der Waals surface area contributed by atoms with Gasteiger partial charge in [0.25, 0.3) is 0 Å². The summed E-state index contributed by atoms with van der Waals surface area (Å²) in [6.45, 7) is 6.08. The Morgan fingerprint density at radius 3 is 2.81 bits per heavy atom. The summed E-state index contributed by atoms with van der Waals surface area (Å²) in [5.41, 5.74) is 4.15. The monoisotopic (exact) mass is 283 g/mol. The Kier molecular flexibility index (Phi) is 3.35. The van der Waals surface area contributed by atoms with Gasteiger partial charge in [-0.3, -0.25) is 4.68 Å². The second kappa shape index (κ2) is 5.19. The summed E-state index contributed by atoms with van der Waals surface area (Å²) in [5, 5.41) is 22.6. The van der Waals surface area contributed by atoms with Crippen LogP contribution in [0.3, 0.4) is 0 Å². The highest BCUT2D eigenvalue weighted by molar-refractivity contribution is 5.50. The van der Waals surface area contributed by atoms with Gasteiger partial charge in [-0.05, 0) is 31.5 Å². The van der Waals surface area contributed by atoms with E-state index in [1.807, 2.05) is 30.7 Å². The number of aliphatic hydroxyl groups excluding tert-OH is 1. The van der Waals surface area contributed by atoms with Crippen LogP contribution in [0.5, 0.6) is 0 Å². The fourth-order valence-electron chi connectivity index (χ4n) is 2.74. The summed E-state index contributed by atoms with van der Waals surface area (Å²) in [6.07, 6.45) is 0. The van der Waals surface area contributed by atoms with E-state index in [4.69, 9.17) is 10.4 Å². The molecule has 6 nitrogen and oxygen atoms in total. The maximum Gasteiger partial charge on any atom is 0.129 e. The van der Waals surface area contributed by atoms with Crippen LogP contribution in [0.25, 0.3) is 0 Å². The first-order valence-corrected chi connectivity index (χ1v) is 6.92. The second-order valence-electron chi connectivity index (χ2n) is 5.30. The molecule has 1 aliphatic rings. The molecule has 0 bridgehead atoms. The number of aliphatic hydroxyl groups is 1. The van der Waals surface area contributed by atoms with Gasteiger partial charge in [0.2, 0.25) is 0 Å². The van der Waals surface area contributed by atoms with Gasteiger partial charge in [-0.25, -0.2) is 4.98 Å². The summed E-state index contributed by atoms with van der Waals surface area (Å²) in [5.74, 6) is 0.891. The van der Waals surface area contributed by atoms with Crippen molar-refractivity contribution in [3.8, 4) is 6.07 Å². The number of pyridine rings is 1. The molecule has 0 spiro atoms. The normalized spacial score (nSPS) is 13.9. The molecule has 0 aromatic carbocycles. The van der Waals surface area contributed by atoms with Crippen LogP contribution in [0.2, 0.25) is 0 Å². The zero-order valence-corrected chi connectivity index (χ0v) is 12.2. The maximum atomic E-state index is 9.17. The predicted molar refractivity (Wildman–Crippen MR) is 77.6 cm³/mol. The summed E-state index contributed by atoms with van der Waals surface area (Å²) < 4.78 is 1.94. The average Bonchev–Trinajstić information content (AvgIpc) is 2.89. The van der Waals surface area contributed by atoms with Crippen LogP contribution in [-0.2, 0) is 19.7 Å². The average molecular weight is 283 g/mol. The van der Waals surface area contributed by atoms with Crippen LogP contribution >= 0.6 is 0 Å². The summed E-state index contributed by atoms with van der Waals surface area (Å²) in [7, 11) is 0. The van der Waals surface area contributed by atoms with Crippen molar-refractivity contribution in [3.05, 3.63) is 40.3 Å². The lowest BCUT2D eigenvalue weighted by Gasteiger charge is -2.29. The fourth-order valence-corrected chi connectivity index (χ4v) is 2.74. The minimum absolute atomic E-state index is 0.0344. The SMILES string of the molecule is Cc1cc(N2CCn3nc(CO)cc3C2)nc(C)c1C#N. The second-order valence-corrected chi connectivity index (χ2v) is 5.30. The highest BCUT2D eigenvalue weighted by Crippen LogP contribution is 2.23. The van der Waals surface area contributed by atoms with Gasteiger partial charge >= 0.3 is 0 Å². The van der Waals surface area contributed by atoms with Crippen molar-refractivity contribution in [1.82, 2.24) is 14.8 Å². The van der Waals surface area contributed by atoms with Gasteiger partial charge in [-0.15, -0.1) is 0 Å². The first kappa shape index (κ1) is 13.6. The van der Waals surface area contributed by atoms with Crippen molar-refractivity contribution in [2.75, 3.05) is 11.4 Å². The Morgan fingerprint density at radius 1 is 1.33 bits per heavy atom. The summed E-state index contributed by atoms with van der Waals surface area (Å²) >= 11 is 0. The molecule has 0 fully saturated rings. The van der Waals surface area contributed by atoms with E-state index in [9.17, 15) is 0 Å². The Labute approximate surface area is 123 Å². The van der Waals surface area contributed by atoms with E-state index in [0.717, 1.165) is 35.9 Å². The quantitative estimate of drug-likeness (QED) is 0.898. The predicted octanol–water partition coefficient (Wildman–Crippen LogP) is 1.28. The van der Waals surface area contributed by atoms with Gasteiger partial charge in [-0.2, -0.15) is 10.4 Å². The standard InChI is InChI=1S/C15H17N5O/c1-10-5-15(17-11(2)14(10)7-16)19-3-4-20-13(8-19)6-12(9-21)18-20/h5-6,21H,3-4,8-9H2,1-2H3. The van der Waals surface area contributed by atoms with E-state index < -0.39 is 0 Å². The van der Waals surface area contributed by atoms with Crippen molar-refractivity contribution in [2.45, 2.75) is 33.5 Å². The number of nitrogens with zero attached hydrogens (tertiary/aromatic N) is 5. The Balaban J connectivity index is 1.91. The molecule has 6 heteroatoms. The first-order valence-electron chi connectivity index (χ1n) is 6.92. The zero-order chi connectivity index (χ0) is 15.0. The molecular formula is C15H17N5O. The molecule has 2 aromatic rings. The third-order valence-electron chi connectivity index (χ3n) is 3.83. The van der Waals surface area contributed by atoms with E-state index in [1.54, 1.807) is 0 Å². The smallest absolute Gasteiger partial charge is 0.129 e. The van der Waals surface area contributed by atoms with Gasteiger partial charge in [0.05, 0.1) is 42.3 Å². The molecule has 0 aliphatic carbocycles. The molecule has 1 N–H and O–H groups in total. The van der Waals surface area contributed by atoms with E-state index in [2.05, 4.69) is 21.1 Å². The van der Waals surface area contributed by atoms with Gasteiger partial charge in [0.15, 0.2) is 0 Å². The molecule has 2 aromatic heterocycles. The number of aryl methyl sites for hydroxylation is 2. The zero-order valence-electron chi connectivity index (χ0n) is 12.2. The van der Waals surface area contributed by atoms with Crippen LogP contribution in [0.15, 0.2) is 12.1 Å². The summed E-state index contributed by atoms with van der Waals surface area (Å²) in [4.78, 5) is 6.73. The third kappa shape index (κ3) is 2.36. The Hall–Kier alpha value is -2.39. The van der Waals surface area contributed by atoms with Gasteiger partial charge in [0.1, 0.15) is 11.9 Å². The topological polar surface area (TPSA) is 78.0 Å². The number of rotatable bonds is 2. The van der Waals surface area contributed by atoms with E-state index in [1.165, 1.54) is 0 Å². The maximum absolute atomic E-state index is 9.17. The van der Waals surface area contributed by atoms with Crippen molar-refractivity contribution < 1.29 is 5.11 Å². The summed E-state index contributed by atoms with van der Waals surface area (Å²) in [6, 6.07) is 6.09. The number of fused-ring (bicyclic) bond motifs is 1. The molecule has 0 radical (unpaired) electrons. The van der Waals surface area contributed by atoms with Crippen molar-refractivity contribution in [3.63, 3.8) is 0 Å². The molecule has 0 unspecified atom stereocenters. The lowest BCUT2D eigenvalue weighted by molar-refractivity contribution is 0.275. The van der Waals surface area contributed by atoms with E-state index >= 15 is 0 Å². The lowest BCUT2D eigenvalue weighted by atomic mass is 10.1.